The molecule has 0 bridgehead atoms. The van der Waals surface area contributed by atoms with Crippen LogP contribution in [0.25, 0.3) is 0 Å². The number of benzene rings is 2. The SMILES string of the molecule is CCc1ccccc1NCC(=O)Nc1cc(Cl)ccc1C. The predicted molar refractivity (Wildman–Crippen MR) is 89.1 cm³/mol. The minimum Gasteiger partial charge on any atom is -0.376 e. The van der Waals surface area contributed by atoms with E-state index in [0.29, 0.717) is 5.02 Å². The van der Waals surface area contributed by atoms with Crippen LogP contribution in [0, 0.1) is 6.92 Å². The van der Waals surface area contributed by atoms with Crippen LogP contribution in [0.3, 0.4) is 0 Å². The quantitative estimate of drug-likeness (QED) is 0.866. The summed E-state index contributed by atoms with van der Waals surface area (Å²) in [5.41, 5.74) is 3.93. The van der Waals surface area contributed by atoms with Crippen LogP contribution in [0.15, 0.2) is 42.5 Å². The molecule has 4 heteroatoms. The van der Waals surface area contributed by atoms with E-state index in [1.54, 1.807) is 6.07 Å². The van der Waals surface area contributed by atoms with Gasteiger partial charge in [-0.15, -0.1) is 0 Å². The molecule has 21 heavy (non-hydrogen) atoms. The van der Waals surface area contributed by atoms with Gasteiger partial charge >= 0.3 is 0 Å². The van der Waals surface area contributed by atoms with Gasteiger partial charge < -0.3 is 10.6 Å². The van der Waals surface area contributed by atoms with Crippen LogP contribution in [-0.4, -0.2) is 12.5 Å². The highest BCUT2D eigenvalue weighted by Gasteiger charge is 2.06. The normalized spacial score (nSPS) is 10.2. The number of anilines is 2. The monoisotopic (exact) mass is 302 g/mol. The van der Waals surface area contributed by atoms with Crippen LogP contribution in [0.2, 0.25) is 5.02 Å². The summed E-state index contributed by atoms with van der Waals surface area (Å²) in [4.78, 5) is 12.0. The fourth-order valence-electron chi connectivity index (χ4n) is 2.10. The average molecular weight is 303 g/mol. The molecule has 0 aliphatic heterocycles. The van der Waals surface area contributed by atoms with Gasteiger partial charge in [-0.1, -0.05) is 42.8 Å². The Hall–Kier alpha value is -2.00. The zero-order valence-corrected chi connectivity index (χ0v) is 13.0. The van der Waals surface area contributed by atoms with E-state index < -0.39 is 0 Å². The van der Waals surface area contributed by atoms with Crippen LogP contribution >= 0.6 is 11.6 Å². The first kappa shape index (κ1) is 15.4. The van der Waals surface area contributed by atoms with Crippen molar-refractivity contribution in [1.82, 2.24) is 0 Å². The Morgan fingerprint density at radius 2 is 1.90 bits per heavy atom. The first-order chi connectivity index (χ1) is 10.1. The van der Waals surface area contributed by atoms with Crippen LogP contribution in [0.4, 0.5) is 11.4 Å². The Morgan fingerprint density at radius 3 is 2.67 bits per heavy atom. The highest BCUT2D eigenvalue weighted by molar-refractivity contribution is 6.31. The number of halogens is 1. The standard InChI is InChI=1S/C17H19ClN2O/c1-3-13-6-4-5-7-15(13)19-11-17(21)20-16-10-14(18)9-8-12(16)2/h4-10,19H,3,11H2,1-2H3,(H,20,21). The highest BCUT2D eigenvalue weighted by atomic mass is 35.5. The van der Waals surface area contributed by atoms with E-state index in [4.69, 9.17) is 11.6 Å². The molecule has 0 heterocycles. The van der Waals surface area contributed by atoms with Crippen LogP contribution in [-0.2, 0) is 11.2 Å². The van der Waals surface area contributed by atoms with Gasteiger partial charge in [0.1, 0.15) is 0 Å². The number of hydrogen-bond donors (Lipinski definition) is 2. The number of nitrogens with one attached hydrogen (secondary N) is 2. The maximum atomic E-state index is 12.0. The molecule has 0 spiro atoms. The van der Waals surface area contributed by atoms with Crippen molar-refractivity contribution < 1.29 is 4.79 Å². The summed E-state index contributed by atoms with van der Waals surface area (Å²) in [6.07, 6.45) is 0.929. The Bertz CT molecular complexity index is 640. The number of carbonyl (C=O) groups excluding carboxylic acids is 1. The third-order valence-corrected chi connectivity index (χ3v) is 3.55. The number of para-hydroxylation sites is 1. The topological polar surface area (TPSA) is 41.1 Å². The average Bonchev–Trinajstić information content (AvgIpc) is 2.49. The van der Waals surface area contributed by atoms with Crippen LogP contribution in [0.5, 0.6) is 0 Å². The van der Waals surface area contributed by atoms with Crippen LogP contribution < -0.4 is 10.6 Å². The number of rotatable bonds is 5. The first-order valence-electron chi connectivity index (χ1n) is 6.98. The second-order valence-electron chi connectivity index (χ2n) is 4.87. The fourth-order valence-corrected chi connectivity index (χ4v) is 2.27. The zero-order valence-electron chi connectivity index (χ0n) is 12.2. The Kier molecular flexibility index (Phi) is 5.23. The van der Waals surface area contributed by atoms with Crippen molar-refractivity contribution in [3.63, 3.8) is 0 Å². The number of hydrogen-bond acceptors (Lipinski definition) is 2. The molecular weight excluding hydrogens is 284 g/mol. The number of carbonyl (C=O) groups is 1. The molecule has 0 saturated carbocycles. The predicted octanol–water partition coefficient (Wildman–Crippen LogP) is 4.26. The molecule has 0 saturated heterocycles. The van der Waals surface area contributed by atoms with Crippen molar-refractivity contribution in [3.05, 3.63) is 58.6 Å². The van der Waals surface area contributed by atoms with Gasteiger partial charge in [-0.25, -0.2) is 0 Å². The molecule has 2 aromatic rings. The largest absolute Gasteiger partial charge is 0.376 e. The molecule has 0 aliphatic rings. The summed E-state index contributed by atoms with van der Waals surface area (Å²) in [6.45, 7) is 4.25. The van der Waals surface area contributed by atoms with Crippen molar-refractivity contribution in [3.8, 4) is 0 Å². The van der Waals surface area contributed by atoms with Crippen molar-refractivity contribution in [2.24, 2.45) is 0 Å². The van der Waals surface area contributed by atoms with Crippen molar-refractivity contribution >= 4 is 28.9 Å². The molecule has 0 atom stereocenters. The van der Waals surface area contributed by atoms with Gasteiger partial charge in [0.05, 0.1) is 6.54 Å². The summed E-state index contributed by atoms with van der Waals surface area (Å²) in [5, 5.41) is 6.66. The summed E-state index contributed by atoms with van der Waals surface area (Å²) >= 11 is 5.95. The summed E-state index contributed by atoms with van der Waals surface area (Å²) in [7, 11) is 0. The molecule has 0 radical (unpaired) electrons. The molecule has 2 aromatic carbocycles. The Morgan fingerprint density at radius 1 is 1.14 bits per heavy atom. The number of amides is 1. The molecule has 1 amide bonds. The van der Waals surface area contributed by atoms with Gasteiger partial charge in [0.15, 0.2) is 0 Å². The van der Waals surface area contributed by atoms with Crippen molar-refractivity contribution in [2.45, 2.75) is 20.3 Å². The number of aryl methyl sites for hydroxylation is 2. The maximum absolute atomic E-state index is 12.0. The molecule has 0 aromatic heterocycles. The molecule has 0 fully saturated rings. The van der Waals surface area contributed by atoms with Gasteiger partial charge in [-0.2, -0.15) is 0 Å². The second kappa shape index (κ2) is 7.14. The molecular formula is C17H19ClN2O. The zero-order chi connectivity index (χ0) is 15.2. The lowest BCUT2D eigenvalue weighted by atomic mass is 10.1. The first-order valence-corrected chi connectivity index (χ1v) is 7.35. The molecule has 0 unspecified atom stereocenters. The molecule has 0 aliphatic carbocycles. The van der Waals surface area contributed by atoms with Gasteiger partial charge in [-0.05, 0) is 42.7 Å². The van der Waals surface area contributed by atoms with Crippen LogP contribution in [0.1, 0.15) is 18.1 Å². The minimum absolute atomic E-state index is 0.0914. The van der Waals surface area contributed by atoms with Gasteiger partial charge in [0.2, 0.25) is 5.91 Å². The summed E-state index contributed by atoms with van der Waals surface area (Å²) < 4.78 is 0. The van der Waals surface area contributed by atoms with Gasteiger partial charge in [0, 0.05) is 16.4 Å². The lowest BCUT2D eigenvalue weighted by Crippen LogP contribution is -2.22. The highest BCUT2D eigenvalue weighted by Crippen LogP contribution is 2.20. The van der Waals surface area contributed by atoms with Crippen molar-refractivity contribution in [1.29, 1.82) is 0 Å². The lowest BCUT2D eigenvalue weighted by Gasteiger charge is -2.12. The summed E-state index contributed by atoms with van der Waals surface area (Å²) in [6, 6.07) is 13.5. The van der Waals surface area contributed by atoms with E-state index in [0.717, 1.165) is 23.4 Å². The van der Waals surface area contributed by atoms with Gasteiger partial charge in [0.25, 0.3) is 0 Å². The maximum Gasteiger partial charge on any atom is 0.243 e. The van der Waals surface area contributed by atoms with E-state index in [2.05, 4.69) is 23.6 Å². The van der Waals surface area contributed by atoms with E-state index in [1.807, 2.05) is 37.3 Å². The van der Waals surface area contributed by atoms with E-state index in [1.165, 1.54) is 5.56 Å². The molecule has 3 nitrogen and oxygen atoms in total. The second-order valence-corrected chi connectivity index (χ2v) is 5.31. The summed E-state index contributed by atoms with van der Waals surface area (Å²) in [5.74, 6) is -0.0914. The lowest BCUT2D eigenvalue weighted by molar-refractivity contribution is -0.114. The Labute approximate surface area is 130 Å². The minimum atomic E-state index is -0.0914. The third kappa shape index (κ3) is 4.23. The molecule has 2 rings (SSSR count). The Balaban J connectivity index is 1.97. The van der Waals surface area contributed by atoms with Crippen molar-refractivity contribution in [2.75, 3.05) is 17.2 Å². The van der Waals surface area contributed by atoms with Gasteiger partial charge in [-0.3, -0.25) is 4.79 Å². The fraction of sp³-hybridized carbons (Fsp3) is 0.235. The van der Waals surface area contributed by atoms with E-state index >= 15 is 0 Å². The van der Waals surface area contributed by atoms with E-state index in [-0.39, 0.29) is 12.5 Å². The smallest absolute Gasteiger partial charge is 0.243 e. The third-order valence-electron chi connectivity index (χ3n) is 3.31. The molecule has 110 valence electrons. The molecule has 2 N–H and O–H groups in total. The van der Waals surface area contributed by atoms with E-state index in [9.17, 15) is 4.79 Å².